The quantitative estimate of drug-likeness (QED) is 0.528. The molecule has 0 aliphatic carbocycles. The van der Waals surface area contributed by atoms with Crippen LogP contribution in [0.5, 0.6) is 0 Å². The first-order valence-electron chi connectivity index (χ1n) is 11.4. The monoisotopic (exact) mass is 449 g/mol. The van der Waals surface area contributed by atoms with Gasteiger partial charge in [-0.3, -0.25) is 4.79 Å². The molecule has 1 aliphatic rings. The lowest BCUT2D eigenvalue weighted by atomic mass is 9.94. The SMILES string of the molecule is CCOCc1ccc(C(=O)N2CCCC[C@H]2c2nc(N(C)C)ncc2-c2cc(C)no2)cc1. The molecule has 174 valence electrons. The molecule has 33 heavy (non-hydrogen) atoms. The number of hydrogen-bond donors (Lipinski definition) is 0. The smallest absolute Gasteiger partial charge is 0.254 e. The molecule has 0 saturated carbocycles. The van der Waals surface area contributed by atoms with E-state index in [-0.39, 0.29) is 11.9 Å². The lowest BCUT2D eigenvalue weighted by molar-refractivity contribution is 0.0606. The molecule has 1 amide bonds. The van der Waals surface area contributed by atoms with Gasteiger partial charge in [0.1, 0.15) is 0 Å². The van der Waals surface area contributed by atoms with Gasteiger partial charge < -0.3 is 19.1 Å². The molecule has 3 aromatic rings. The summed E-state index contributed by atoms with van der Waals surface area (Å²) in [4.78, 5) is 26.8. The van der Waals surface area contributed by atoms with Crippen molar-refractivity contribution in [1.29, 1.82) is 0 Å². The highest BCUT2D eigenvalue weighted by molar-refractivity contribution is 5.94. The van der Waals surface area contributed by atoms with Crippen LogP contribution in [-0.4, -0.2) is 53.2 Å². The van der Waals surface area contributed by atoms with Crippen LogP contribution in [0.4, 0.5) is 5.95 Å². The summed E-state index contributed by atoms with van der Waals surface area (Å²) in [5, 5.41) is 4.04. The van der Waals surface area contributed by atoms with Crippen LogP contribution in [0.25, 0.3) is 11.3 Å². The first-order chi connectivity index (χ1) is 16.0. The molecule has 0 radical (unpaired) electrons. The molecule has 1 atom stereocenters. The predicted molar refractivity (Wildman–Crippen MR) is 126 cm³/mol. The van der Waals surface area contributed by atoms with Gasteiger partial charge in [-0.15, -0.1) is 0 Å². The molecule has 1 fully saturated rings. The third kappa shape index (κ3) is 5.06. The van der Waals surface area contributed by atoms with Gasteiger partial charge in [0, 0.05) is 45.1 Å². The van der Waals surface area contributed by atoms with Gasteiger partial charge in [-0.1, -0.05) is 17.3 Å². The Kier molecular flexibility index (Phi) is 7.03. The van der Waals surface area contributed by atoms with E-state index in [2.05, 4.69) is 10.1 Å². The van der Waals surface area contributed by atoms with Gasteiger partial charge in [0.05, 0.1) is 29.6 Å². The van der Waals surface area contributed by atoms with Gasteiger partial charge in [0.15, 0.2) is 5.76 Å². The Morgan fingerprint density at radius 3 is 2.70 bits per heavy atom. The van der Waals surface area contributed by atoms with Crippen LogP contribution in [0.1, 0.15) is 59.5 Å². The number of ether oxygens (including phenoxy) is 1. The molecule has 1 saturated heterocycles. The van der Waals surface area contributed by atoms with Crippen LogP contribution in [0.3, 0.4) is 0 Å². The summed E-state index contributed by atoms with van der Waals surface area (Å²) in [6.45, 7) is 5.74. The number of rotatable bonds is 7. The zero-order chi connectivity index (χ0) is 23.4. The van der Waals surface area contributed by atoms with Gasteiger partial charge in [-0.2, -0.15) is 0 Å². The molecule has 0 spiro atoms. The third-order valence-electron chi connectivity index (χ3n) is 5.85. The number of aryl methyl sites for hydroxylation is 1. The molecular weight excluding hydrogens is 418 g/mol. The molecule has 4 rings (SSSR count). The van der Waals surface area contributed by atoms with Gasteiger partial charge in [-0.25, -0.2) is 9.97 Å². The van der Waals surface area contributed by atoms with Crippen LogP contribution < -0.4 is 4.90 Å². The number of carbonyl (C=O) groups excluding carboxylic acids is 1. The van der Waals surface area contributed by atoms with E-state index in [9.17, 15) is 4.79 Å². The van der Waals surface area contributed by atoms with Crippen LogP contribution in [-0.2, 0) is 11.3 Å². The molecular formula is C25H31N5O3. The Hall–Kier alpha value is -3.26. The highest BCUT2D eigenvalue weighted by Gasteiger charge is 2.33. The Labute approximate surface area is 194 Å². The maximum absolute atomic E-state index is 13.6. The minimum atomic E-state index is -0.170. The van der Waals surface area contributed by atoms with Crippen LogP contribution in [0.2, 0.25) is 0 Å². The fourth-order valence-corrected chi connectivity index (χ4v) is 4.12. The van der Waals surface area contributed by atoms with Crippen molar-refractivity contribution in [3.8, 4) is 11.3 Å². The molecule has 0 bridgehead atoms. The Balaban J connectivity index is 1.69. The van der Waals surface area contributed by atoms with Crippen molar-refractivity contribution < 1.29 is 14.1 Å². The van der Waals surface area contributed by atoms with E-state index in [1.165, 1.54) is 0 Å². The van der Waals surface area contributed by atoms with E-state index in [1.54, 1.807) is 6.20 Å². The lowest BCUT2D eigenvalue weighted by Crippen LogP contribution is -2.39. The van der Waals surface area contributed by atoms with Crippen LogP contribution in [0.15, 0.2) is 41.1 Å². The van der Waals surface area contributed by atoms with Gasteiger partial charge in [0.2, 0.25) is 5.95 Å². The number of likely N-dealkylation sites (tertiary alicyclic amines) is 1. The summed E-state index contributed by atoms with van der Waals surface area (Å²) in [5.74, 6) is 1.22. The van der Waals surface area contributed by atoms with Crippen molar-refractivity contribution in [2.24, 2.45) is 0 Å². The standard InChI is InChI=1S/C25H31N5O3/c1-5-32-16-18-9-11-19(12-10-18)24(31)30-13-7-6-8-21(30)23-20(22-14-17(2)28-33-22)15-26-25(27-23)29(3)4/h9-12,14-15,21H,5-8,13,16H2,1-4H3/t21-/m0/s1. The van der Waals surface area contributed by atoms with Crippen molar-refractivity contribution in [2.75, 3.05) is 32.1 Å². The first-order valence-corrected chi connectivity index (χ1v) is 11.4. The Bertz CT molecular complexity index is 1090. The predicted octanol–water partition coefficient (Wildman–Crippen LogP) is 4.41. The molecule has 8 nitrogen and oxygen atoms in total. The number of amides is 1. The second-order valence-electron chi connectivity index (χ2n) is 8.54. The Morgan fingerprint density at radius 2 is 2.03 bits per heavy atom. The van der Waals surface area contributed by atoms with Crippen molar-refractivity contribution in [2.45, 2.75) is 45.8 Å². The minimum Gasteiger partial charge on any atom is -0.377 e. The summed E-state index contributed by atoms with van der Waals surface area (Å²) in [6, 6.07) is 9.39. The molecule has 0 N–H and O–H groups in total. The van der Waals surface area contributed by atoms with E-state index in [0.29, 0.717) is 37.0 Å². The highest BCUT2D eigenvalue weighted by atomic mass is 16.5. The maximum Gasteiger partial charge on any atom is 0.254 e. The molecule has 8 heteroatoms. The van der Waals surface area contributed by atoms with Crippen LogP contribution >= 0.6 is 0 Å². The van der Waals surface area contributed by atoms with Gasteiger partial charge >= 0.3 is 0 Å². The van der Waals surface area contributed by atoms with E-state index >= 15 is 0 Å². The van der Waals surface area contributed by atoms with Crippen molar-refractivity contribution >= 4 is 11.9 Å². The fraction of sp³-hybridized carbons (Fsp3) is 0.440. The zero-order valence-electron chi connectivity index (χ0n) is 19.7. The third-order valence-corrected chi connectivity index (χ3v) is 5.85. The fourth-order valence-electron chi connectivity index (χ4n) is 4.12. The molecule has 3 heterocycles. The number of benzene rings is 1. The summed E-state index contributed by atoms with van der Waals surface area (Å²) in [6.07, 6.45) is 4.60. The summed E-state index contributed by atoms with van der Waals surface area (Å²) in [5.41, 5.74) is 4.08. The number of carbonyl (C=O) groups is 1. The van der Waals surface area contributed by atoms with Crippen molar-refractivity contribution in [3.05, 3.63) is 59.0 Å². The zero-order valence-corrected chi connectivity index (χ0v) is 19.7. The second-order valence-corrected chi connectivity index (χ2v) is 8.54. The second kappa shape index (κ2) is 10.1. The largest absolute Gasteiger partial charge is 0.377 e. The summed E-state index contributed by atoms with van der Waals surface area (Å²) in [7, 11) is 3.82. The molecule has 2 aromatic heterocycles. The van der Waals surface area contributed by atoms with Gasteiger partial charge in [0.25, 0.3) is 5.91 Å². The van der Waals surface area contributed by atoms with Gasteiger partial charge in [-0.05, 0) is 50.8 Å². The first kappa shape index (κ1) is 22.9. The van der Waals surface area contributed by atoms with Crippen LogP contribution in [0, 0.1) is 6.92 Å². The number of hydrogen-bond acceptors (Lipinski definition) is 7. The maximum atomic E-state index is 13.6. The topological polar surface area (TPSA) is 84.6 Å². The minimum absolute atomic E-state index is 0.00683. The van der Waals surface area contributed by atoms with E-state index in [4.69, 9.17) is 14.2 Å². The summed E-state index contributed by atoms with van der Waals surface area (Å²) >= 11 is 0. The van der Waals surface area contributed by atoms with E-state index in [1.807, 2.05) is 68.1 Å². The molecule has 0 unspecified atom stereocenters. The average Bonchev–Trinajstić information content (AvgIpc) is 3.28. The summed E-state index contributed by atoms with van der Waals surface area (Å²) < 4.78 is 11.0. The number of anilines is 1. The lowest BCUT2D eigenvalue weighted by Gasteiger charge is -2.36. The molecule has 1 aromatic carbocycles. The number of aromatic nitrogens is 3. The van der Waals surface area contributed by atoms with Crippen molar-refractivity contribution in [3.63, 3.8) is 0 Å². The molecule has 1 aliphatic heterocycles. The Morgan fingerprint density at radius 1 is 1.24 bits per heavy atom. The van der Waals surface area contributed by atoms with E-state index in [0.717, 1.165) is 41.8 Å². The average molecular weight is 450 g/mol. The van der Waals surface area contributed by atoms with Crippen molar-refractivity contribution in [1.82, 2.24) is 20.0 Å². The van der Waals surface area contributed by atoms with E-state index < -0.39 is 0 Å². The normalized spacial score (nSPS) is 16.1. The number of piperidine rings is 1. The highest BCUT2D eigenvalue weighted by Crippen LogP contribution is 2.37. The number of nitrogens with zero attached hydrogens (tertiary/aromatic N) is 5.